The van der Waals surface area contributed by atoms with Crippen molar-refractivity contribution in [2.75, 3.05) is 31.6 Å². The summed E-state index contributed by atoms with van der Waals surface area (Å²) in [6.45, 7) is 2.17. The summed E-state index contributed by atoms with van der Waals surface area (Å²) in [5, 5.41) is 11.6. The highest BCUT2D eigenvalue weighted by Gasteiger charge is 2.23. The number of piperidine rings is 1. The van der Waals surface area contributed by atoms with Crippen molar-refractivity contribution >= 4 is 23.8 Å². The van der Waals surface area contributed by atoms with Crippen molar-refractivity contribution in [2.45, 2.75) is 25.7 Å². The fraction of sp³-hybridized carbons (Fsp3) is 0.833. The minimum Gasteiger partial charge on any atom is -0.481 e. The van der Waals surface area contributed by atoms with Crippen molar-refractivity contribution < 1.29 is 14.7 Å². The number of hydrogen-bond donors (Lipinski definition) is 2. The molecule has 0 radical (unpaired) electrons. The van der Waals surface area contributed by atoms with Crippen molar-refractivity contribution in [3.05, 3.63) is 0 Å². The van der Waals surface area contributed by atoms with E-state index >= 15 is 0 Å². The first-order chi connectivity index (χ1) is 8.63. The highest BCUT2D eigenvalue weighted by molar-refractivity contribution is 7.98. The number of carboxylic acid groups (broad SMARTS) is 1. The lowest BCUT2D eigenvalue weighted by Crippen LogP contribution is -2.46. The molecule has 0 aliphatic carbocycles. The Bertz CT molecular complexity index is 286. The van der Waals surface area contributed by atoms with Gasteiger partial charge in [0.25, 0.3) is 0 Å². The Kier molecular flexibility index (Phi) is 6.93. The second-order valence-corrected chi connectivity index (χ2v) is 5.60. The zero-order valence-corrected chi connectivity index (χ0v) is 11.7. The normalized spacial score (nSPS) is 19.6. The Balaban J connectivity index is 2.28. The summed E-state index contributed by atoms with van der Waals surface area (Å²) in [6, 6.07) is -0.0101. The molecule has 1 rings (SSSR count). The van der Waals surface area contributed by atoms with E-state index < -0.39 is 5.97 Å². The fourth-order valence-electron chi connectivity index (χ4n) is 2.18. The average molecular weight is 274 g/mol. The zero-order chi connectivity index (χ0) is 13.4. The fourth-order valence-corrected chi connectivity index (χ4v) is 2.49. The quantitative estimate of drug-likeness (QED) is 0.722. The predicted octanol–water partition coefficient (Wildman–Crippen LogP) is 1.64. The lowest BCUT2D eigenvalue weighted by atomic mass is 9.93. The van der Waals surface area contributed by atoms with Gasteiger partial charge in [0, 0.05) is 31.8 Å². The van der Waals surface area contributed by atoms with E-state index in [9.17, 15) is 9.59 Å². The summed E-state index contributed by atoms with van der Waals surface area (Å²) in [6.07, 6.45) is 4.88. The lowest BCUT2D eigenvalue weighted by molar-refractivity contribution is -0.137. The van der Waals surface area contributed by atoms with E-state index in [4.69, 9.17) is 5.11 Å². The second kappa shape index (κ2) is 8.24. The minimum absolute atomic E-state index is 0.0101. The molecule has 18 heavy (non-hydrogen) atoms. The highest BCUT2D eigenvalue weighted by Crippen LogP contribution is 2.20. The van der Waals surface area contributed by atoms with E-state index in [1.807, 2.05) is 11.2 Å². The third kappa shape index (κ3) is 5.62. The number of aliphatic carboxylic acids is 1. The molecule has 0 aromatic rings. The van der Waals surface area contributed by atoms with Gasteiger partial charge in [-0.3, -0.25) is 4.79 Å². The molecule has 1 saturated heterocycles. The van der Waals surface area contributed by atoms with Crippen molar-refractivity contribution in [3.8, 4) is 0 Å². The first kappa shape index (κ1) is 15.1. The van der Waals surface area contributed by atoms with Crippen LogP contribution in [0.2, 0.25) is 0 Å². The number of carboxylic acids is 1. The number of nitrogens with zero attached hydrogens (tertiary/aromatic N) is 1. The van der Waals surface area contributed by atoms with Gasteiger partial charge in [0.05, 0.1) is 0 Å². The van der Waals surface area contributed by atoms with Crippen molar-refractivity contribution in [2.24, 2.45) is 5.92 Å². The van der Waals surface area contributed by atoms with Crippen LogP contribution in [0.5, 0.6) is 0 Å². The molecule has 1 aliphatic heterocycles. The Labute approximate surface area is 112 Å². The Morgan fingerprint density at radius 1 is 1.50 bits per heavy atom. The van der Waals surface area contributed by atoms with Crippen LogP contribution in [-0.4, -0.2) is 53.6 Å². The van der Waals surface area contributed by atoms with Crippen LogP contribution in [0.1, 0.15) is 25.7 Å². The molecule has 0 bridgehead atoms. The molecule has 1 atom stereocenters. The second-order valence-electron chi connectivity index (χ2n) is 4.61. The molecule has 2 N–H and O–H groups in total. The molecular formula is C12H22N2O3S. The number of urea groups is 1. The van der Waals surface area contributed by atoms with Gasteiger partial charge in [0.15, 0.2) is 0 Å². The molecule has 104 valence electrons. The average Bonchev–Trinajstić information content (AvgIpc) is 2.37. The minimum atomic E-state index is -0.753. The van der Waals surface area contributed by atoms with Gasteiger partial charge in [0.2, 0.25) is 0 Å². The van der Waals surface area contributed by atoms with Crippen LogP contribution in [0.3, 0.4) is 0 Å². The SMILES string of the molecule is CSCCNC(=O)N1CCCC(CCC(=O)O)C1. The van der Waals surface area contributed by atoms with E-state index in [1.165, 1.54) is 0 Å². The smallest absolute Gasteiger partial charge is 0.317 e. The van der Waals surface area contributed by atoms with Gasteiger partial charge in [-0.05, 0) is 31.4 Å². The van der Waals surface area contributed by atoms with E-state index in [-0.39, 0.29) is 12.5 Å². The monoisotopic (exact) mass is 274 g/mol. The molecule has 0 saturated carbocycles. The van der Waals surface area contributed by atoms with Gasteiger partial charge in [-0.2, -0.15) is 11.8 Å². The van der Waals surface area contributed by atoms with Gasteiger partial charge in [0.1, 0.15) is 0 Å². The number of hydrogen-bond acceptors (Lipinski definition) is 3. The van der Waals surface area contributed by atoms with E-state index in [2.05, 4.69) is 5.32 Å². The third-order valence-corrected chi connectivity index (χ3v) is 3.77. The highest BCUT2D eigenvalue weighted by atomic mass is 32.2. The first-order valence-corrected chi connectivity index (χ1v) is 7.76. The molecule has 1 unspecified atom stereocenters. The van der Waals surface area contributed by atoms with E-state index in [0.717, 1.165) is 25.1 Å². The molecule has 1 heterocycles. The standard InChI is InChI=1S/C12H22N2O3S/c1-18-8-6-13-12(17)14-7-2-3-10(9-14)4-5-11(15)16/h10H,2-9H2,1H3,(H,13,17)(H,15,16). The summed E-state index contributed by atoms with van der Waals surface area (Å²) in [5.41, 5.74) is 0. The number of carbonyl (C=O) groups excluding carboxylic acids is 1. The summed E-state index contributed by atoms with van der Waals surface area (Å²) >= 11 is 1.70. The summed E-state index contributed by atoms with van der Waals surface area (Å²) in [7, 11) is 0. The molecule has 1 fully saturated rings. The van der Waals surface area contributed by atoms with Crippen LogP contribution in [0.25, 0.3) is 0 Å². The number of rotatable bonds is 6. The molecule has 0 aromatic heterocycles. The van der Waals surface area contributed by atoms with Crippen LogP contribution in [0.4, 0.5) is 4.79 Å². The van der Waals surface area contributed by atoms with Crippen LogP contribution < -0.4 is 5.32 Å². The van der Waals surface area contributed by atoms with Crippen LogP contribution in [0.15, 0.2) is 0 Å². The molecule has 0 aromatic carbocycles. The molecule has 2 amide bonds. The molecule has 1 aliphatic rings. The van der Waals surface area contributed by atoms with Crippen LogP contribution in [0, 0.1) is 5.92 Å². The van der Waals surface area contributed by atoms with Gasteiger partial charge in [-0.1, -0.05) is 0 Å². The zero-order valence-electron chi connectivity index (χ0n) is 10.9. The van der Waals surface area contributed by atoms with Gasteiger partial charge < -0.3 is 15.3 Å². The van der Waals surface area contributed by atoms with Crippen molar-refractivity contribution in [3.63, 3.8) is 0 Å². The molecular weight excluding hydrogens is 252 g/mol. The van der Waals surface area contributed by atoms with Gasteiger partial charge in [-0.25, -0.2) is 4.79 Å². The van der Waals surface area contributed by atoms with E-state index in [0.29, 0.717) is 25.4 Å². The maximum absolute atomic E-state index is 11.8. The third-order valence-electron chi connectivity index (χ3n) is 3.16. The first-order valence-electron chi connectivity index (χ1n) is 6.37. The molecule has 6 heteroatoms. The van der Waals surface area contributed by atoms with Gasteiger partial charge >= 0.3 is 12.0 Å². The number of carbonyl (C=O) groups is 2. The maximum atomic E-state index is 11.8. The summed E-state index contributed by atoms with van der Waals surface area (Å²) in [5.74, 6) is 0.500. The van der Waals surface area contributed by atoms with Gasteiger partial charge in [-0.15, -0.1) is 0 Å². The predicted molar refractivity (Wildman–Crippen MR) is 72.9 cm³/mol. The number of nitrogens with one attached hydrogen (secondary N) is 1. The summed E-state index contributed by atoms with van der Waals surface area (Å²) < 4.78 is 0. The Morgan fingerprint density at radius 3 is 2.94 bits per heavy atom. The molecule has 0 spiro atoms. The number of likely N-dealkylation sites (tertiary alicyclic amines) is 1. The van der Waals surface area contributed by atoms with Crippen LogP contribution in [-0.2, 0) is 4.79 Å². The Hall–Kier alpha value is -0.910. The number of amides is 2. The number of thioether (sulfide) groups is 1. The van der Waals surface area contributed by atoms with Crippen molar-refractivity contribution in [1.29, 1.82) is 0 Å². The maximum Gasteiger partial charge on any atom is 0.317 e. The molecule has 5 nitrogen and oxygen atoms in total. The lowest BCUT2D eigenvalue weighted by Gasteiger charge is -2.32. The Morgan fingerprint density at radius 2 is 2.28 bits per heavy atom. The van der Waals surface area contributed by atoms with Crippen LogP contribution >= 0.6 is 11.8 Å². The van der Waals surface area contributed by atoms with E-state index in [1.54, 1.807) is 11.8 Å². The largest absolute Gasteiger partial charge is 0.481 e. The topological polar surface area (TPSA) is 69.6 Å². The van der Waals surface area contributed by atoms with Crippen molar-refractivity contribution in [1.82, 2.24) is 10.2 Å². The summed E-state index contributed by atoms with van der Waals surface area (Å²) in [4.78, 5) is 24.2.